The van der Waals surface area contributed by atoms with Gasteiger partial charge in [-0.2, -0.15) is 13.2 Å². The van der Waals surface area contributed by atoms with Gasteiger partial charge in [0.15, 0.2) is 10.8 Å². The van der Waals surface area contributed by atoms with Crippen molar-refractivity contribution in [3.8, 4) is 10.8 Å². The highest BCUT2D eigenvalue weighted by Gasteiger charge is 2.33. The number of hydrogen-bond acceptors (Lipinski definition) is 5. The summed E-state index contributed by atoms with van der Waals surface area (Å²) in [5.41, 5.74) is -0.817. The Morgan fingerprint density at radius 3 is 2.48 bits per heavy atom. The molecule has 10 heteroatoms. The van der Waals surface area contributed by atoms with Crippen LogP contribution in [-0.2, 0) is 11.0 Å². The monoisotopic (exact) mass is 451 g/mol. The lowest BCUT2D eigenvalue weighted by Crippen LogP contribution is -2.38. The maximum Gasteiger partial charge on any atom is 0.418 e. The zero-order chi connectivity index (χ0) is 22.8. The summed E-state index contributed by atoms with van der Waals surface area (Å²) < 4.78 is 44.9. The number of carbonyl (C=O) groups excluding carboxylic acids is 2. The number of likely N-dealkylation sites (N-methyl/N-ethyl adjacent to an activating group) is 1. The third-order valence-electron chi connectivity index (χ3n) is 4.45. The van der Waals surface area contributed by atoms with Crippen molar-refractivity contribution in [1.82, 2.24) is 9.88 Å². The fourth-order valence-electron chi connectivity index (χ4n) is 2.92. The first-order chi connectivity index (χ1) is 14.6. The van der Waals surface area contributed by atoms with Crippen LogP contribution in [-0.4, -0.2) is 34.8 Å². The van der Waals surface area contributed by atoms with E-state index in [0.717, 1.165) is 17.4 Å². The molecule has 0 fully saturated rings. The number of thiazole rings is 1. The van der Waals surface area contributed by atoms with E-state index in [-0.39, 0.29) is 12.2 Å². The molecule has 3 rings (SSSR count). The molecule has 2 aromatic heterocycles. The molecule has 0 saturated carbocycles. The summed E-state index contributed by atoms with van der Waals surface area (Å²) in [6.07, 6.45) is -4.61. The van der Waals surface area contributed by atoms with Crippen molar-refractivity contribution in [2.24, 2.45) is 0 Å². The number of halogens is 3. The Kier molecular flexibility index (Phi) is 6.49. The van der Waals surface area contributed by atoms with Crippen LogP contribution in [0.25, 0.3) is 10.8 Å². The van der Waals surface area contributed by atoms with E-state index in [0.29, 0.717) is 27.1 Å². The molecule has 2 amide bonds. The highest BCUT2D eigenvalue weighted by molar-refractivity contribution is 7.17. The predicted octanol–water partition coefficient (Wildman–Crippen LogP) is 5.14. The molecule has 0 bridgehead atoms. The van der Waals surface area contributed by atoms with Gasteiger partial charge in [0.2, 0.25) is 5.91 Å². The number of anilines is 1. The minimum atomic E-state index is -4.61. The number of amides is 2. The molecule has 3 aromatic rings. The van der Waals surface area contributed by atoms with Gasteiger partial charge in [-0.25, -0.2) is 4.98 Å². The Balaban J connectivity index is 1.75. The van der Waals surface area contributed by atoms with Gasteiger partial charge in [0.05, 0.1) is 16.9 Å². The number of aryl methyl sites for hydroxylation is 2. The highest BCUT2D eigenvalue weighted by Crippen LogP contribution is 2.34. The lowest BCUT2D eigenvalue weighted by molar-refractivity contribution is -0.137. The van der Waals surface area contributed by atoms with Crippen LogP contribution in [0.15, 0.2) is 40.8 Å². The van der Waals surface area contributed by atoms with Crippen LogP contribution in [0.2, 0.25) is 0 Å². The Morgan fingerprint density at radius 1 is 1.16 bits per heavy atom. The first-order valence-electron chi connectivity index (χ1n) is 9.39. The third-order valence-corrected chi connectivity index (χ3v) is 5.61. The molecule has 1 N–H and O–H groups in total. The SMILES string of the molecule is CCN(CC(=O)Nc1ccccc1C(F)(F)F)C(=O)c1sc(-c2ccc(C)o2)nc1C. The van der Waals surface area contributed by atoms with Crippen molar-refractivity contribution in [2.75, 3.05) is 18.4 Å². The largest absolute Gasteiger partial charge is 0.459 e. The quantitative estimate of drug-likeness (QED) is 0.563. The minimum absolute atomic E-state index is 0.194. The lowest BCUT2D eigenvalue weighted by atomic mass is 10.1. The maximum absolute atomic E-state index is 13.1. The van der Waals surface area contributed by atoms with Crippen molar-refractivity contribution in [3.63, 3.8) is 0 Å². The number of benzene rings is 1. The molecular weight excluding hydrogens is 431 g/mol. The van der Waals surface area contributed by atoms with E-state index in [1.54, 1.807) is 32.9 Å². The molecule has 0 spiro atoms. The second-order valence-corrected chi connectivity index (χ2v) is 7.75. The van der Waals surface area contributed by atoms with Gasteiger partial charge < -0.3 is 14.6 Å². The molecule has 31 heavy (non-hydrogen) atoms. The zero-order valence-corrected chi connectivity index (χ0v) is 17.9. The van der Waals surface area contributed by atoms with E-state index in [1.165, 1.54) is 23.1 Å². The summed E-state index contributed by atoms with van der Waals surface area (Å²) in [5, 5.41) is 2.79. The van der Waals surface area contributed by atoms with Crippen molar-refractivity contribution < 1.29 is 27.2 Å². The van der Waals surface area contributed by atoms with Gasteiger partial charge >= 0.3 is 6.18 Å². The molecule has 1 aromatic carbocycles. The van der Waals surface area contributed by atoms with Crippen molar-refractivity contribution >= 4 is 28.8 Å². The van der Waals surface area contributed by atoms with E-state index in [1.807, 2.05) is 0 Å². The number of aromatic nitrogens is 1. The maximum atomic E-state index is 13.1. The van der Waals surface area contributed by atoms with Crippen LogP contribution < -0.4 is 5.32 Å². The fourth-order valence-corrected chi connectivity index (χ4v) is 3.92. The van der Waals surface area contributed by atoms with Gasteiger partial charge in [-0.3, -0.25) is 9.59 Å². The summed E-state index contributed by atoms with van der Waals surface area (Å²) in [4.78, 5) is 31.3. The number of carbonyl (C=O) groups is 2. The van der Waals surface area contributed by atoms with Crippen molar-refractivity contribution in [3.05, 3.63) is 58.3 Å². The standard InChI is InChI=1S/C21H20F3N3O3S/c1-4-27(11-17(28)26-15-8-6-5-7-14(15)21(22,23)24)20(29)18-13(3)25-19(31-18)16-10-9-12(2)30-16/h5-10H,4,11H2,1-3H3,(H,26,28). The van der Waals surface area contributed by atoms with Gasteiger partial charge in [-0.15, -0.1) is 11.3 Å². The molecule has 0 saturated heterocycles. The number of alkyl halides is 3. The molecule has 0 aliphatic heterocycles. The molecule has 2 heterocycles. The van der Waals surface area contributed by atoms with Crippen LogP contribution in [0.3, 0.4) is 0 Å². The van der Waals surface area contributed by atoms with Crippen LogP contribution in [0.5, 0.6) is 0 Å². The zero-order valence-electron chi connectivity index (χ0n) is 17.0. The van der Waals surface area contributed by atoms with Crippen molar-refractivity contribution in [2.45, 2.75) is 26.9 Å². The fraction of sp³-hybridized carbons (Fsp3) is 0.286. The molecule has 0 radical (unpaired) electrons. The van der Waals surface area contributed by atoms with Gasteiger partial charge in [0, 0.05) is 6.54 Å². The molecule has 0 aliphatic carbocycles. The number of nitrogens with zero attached hydrogens (tertiary/aromatic N) is 2. The van der Waals surface area contributed by atoms with E-state index in [9.17, 15) is 22.8 Å². The summed E-state index contributed by atoms with van der Waals surface area (Å²) in [5.74, 6) is 0.0955. The smallest absolute Gasteiger partial charge is 0.418 e. The normalized spacial score (nSPS) is 11.4. The van der Waals surface area contributed by atoms with Gasteiger partial charge in [-0.1, -0.05) is 12.1 Å². The van der Waals surface area contributed by atoms with Gasteiger partial charge in [0.25, 0.3) is 5.91 Å². The number of nitrogens with one attached hydrogen (secondary N) is 1. The van der Waals surface area contributed by atoms with E-state index < -0.39 is 30.1 Å². The topological polar surface area (TPSA) is 75.4 Å². The Morgan fingerprint density at radius 2 is 1.87 bits per heavy atom. The van der Waals surface area contributed by atoms with Crippen LogP contribution >= 0.6 is 11.3 Å². The summed E-state index contributed by atoms with van der Waals surface area (Å²) in [7, 11) is 0. The first kappa shape index (κ1) is 22.5. The summed E-state index contributed by atoms with van der Waals surface area (Å²) >= 11 is 1.14. The Bertz CT molecular complexity index is 1100. The van der Waals surface area contributed by atoms with E-state index in [2.05, 4.69) is 10.3 Å². The van der Waals surface area contributed by atoms with Crippen LogP contribution in [0.4, 0.5) is 18.9 Å². The second kappa shape index (κ2) is 8.93. The van der Waals surface area contributed by atoms with E-state index in [4.69, 9.17) is 4.42 Å². The van der Waals surface area contributed by atoms with E-state index >= 15 is 0 Å². The molecular formula is C21H20F3N3O3S. The predicted molar refractivity (Wildman–Crippen MR) is 111 cm³/mol. The number of para-hydroxylation sites is 1. The molecule has 6 nitrogen and oxygen atoms in total. The summed E-state index contributed by atoms with van der Waals surface area (Å²) in [6, 6.07) is 8.23. The molecule has 0 atom stereocenters. The average Bonchev–Trinajstić information content (AvgIpc) is 3.30. The van der Waals surface area contributed by atoms with Gasteiger partial charge in [-0.05, 0) is 45.0 Å². The molecule has 0 aliphatic rings. The number of hydrogen-bond donors (Lipinski definition) is 1. The minimum Gasteiger partial charge on any atom is -0.459 e. The lowest BCUT2D eigenvalue weighted by Gasteiger charge is -2.20. The molecule has 164 valence electrons. The Labute approximate surface area is 180 Å². The summed E-state index contributed by atoms with van der Waals surface area (Å²) in [6.45, 7) is 4.96. The average molecular weight is 451 g/mol. The first-order valence-corrected chi connectivity index (χ1v) is 10.2. The van der Waals surface area contributed by atoms with Gasteiger partial charge in [0.1, 0.15) is 17.2 Å². The third kappa shape index (κ3) is 5.13. The molecule has 0 unspecified atom stereocenters. The number of furan rings is 1. The Hall–Kier alpha value is -3.14. The van der Waals surface area contributed by atoms with Crippen LogP contribution in [0.1, 0.15) is 33.6 Å². The second-order valence-electron chi connectivity index (χ2n) is 6.75. The highest BCUT2D eigenvalue weighted by atomic mass is 32.1. The number of rotatable bonds is 6. The van der Waals surface area contributed by atoms with Crippen molar-refractivity contribution in [1.29, 1.82) is 0 Å². The van der Waals surface area contributed by atoms with Crippen LogP contribution in [0, 0.1) is 13.8 Å².